The Labute approximate surface area is 97.1 Å². The van der Waals surface area contributed by atoms with Crippen LogP contribution in [0, 0.1) is 13.8 Å². The summed E-state index contributed by atoms with van der Waals surface area (Å²) in [6.07, 6.45) is 3.64. The molecule has 1 aliphatic carbocycles. The van der Waals surface area contributed by atoms with Crippen molar-refractivity contribution in [3.8, 4) is 0 Å². The van der Waals surface area contributed by atoms with Gasteiger partial charge in [-0.2, -0.15) is 0 Å². The average molecular weight is 220 g/mol. The number of hydrogen-bond acceptors (Lipinski definition) is 2. The Hall–Kier alpha value is -1.09. The Morgan fingerprint density at radius 3 is 2.69 bits per heavy atom. The molecule has 0 N–H and O–H groups in total. The second-order valence-corrected chi connectivity index (χ2v) is 4.81. The van der Waals surface area contributed by atoms with Crippen LogP contribution in [0.25, 0.3) is 0 Å². The van der Waals surface area contributed by atoms with Gasteiger partial charge in [0, 0.05) is 36.1 Å². The molecule has 1 fully saturated rings. The third-order valence-electron chi connectivity index (χ3n) is 3.59. The number of aromatic nitrogens is 1. The fraction of sp³-hybridized carbons (Fsp3) is 0.615. The van der Waals surface area contributed by atoms with Gasteiger partial charge in [0.25, 0.3) is 0 Å². The van der Waals surface area contributed by atoms with Crippen molar-refractivity contribution in [3.05, 3.63) is 23.0 Å². The van der Waals surface area contributed by atoms with Crippen LogP contribution in [0.15, 0.2) is 6.07 Å². The maximum atomic E-state index is 10.8. The molecule has 1 aliphatic rings. The zero-order valence-electron chi connectivity index (χ0n) is 10.4. The quantitative estimate of drug-likeness (QED) is 0.709. The number of hydrogen-bond donors (Lipinski definition) is 0. The van der Waals surface area contributed by atoms with Crippen molar-refractivity contribution in [2.45, 2.75) is 39.3 Å². The van der Waals surface area contributed by atoms with Gasteiger partial charge in [-0.15, -0.1) is 0 Å². The van der Waals surface area contributed by atoms with Gasteiger partial charge >= 0.3 is 0 Å². The van der Waals surface area contributed by atoms with Gasteiger partial charge in [0.15, 0.2) is 6.29 Å². The standard InChI is InChI=1S/C13H20N2O/c1-10-8-12(9-16)11(2)15(10)7-6-14(3)13-4-5-13/h8-9,13H,4-7H2,1-3H3. The number of aryl methyl sites for hydroxylation is 1. The average Bonchev–Trinajstić information content (AvgIpc) is 3.05. The first kappa shape index (κ1) is 11.4. The molecular formula is C13H20N2O. The summed E-state index contributed by atoms with van der Waals surface area (Å²) in [5, 5.41) is 0. The first-order chi connectivity index (χ1) is 7.63. The van der Waals surface area contributed by atoms with Crippen LogP contribution in [0.4, 0.5) is 0 Å². The minimum absolute atomic E-state index is 0.807. The second-order valence-electron chi connectivity index (χ2n) is 4.81. The molecule has 1 aromatic heterocycles. The highest BCUT2D eigenvalue weighted by atomic mass is 16.1. The van der Waals surface area contributed by atoms with E-state index in [-0.39, 0.29) is 0 Å². The lowest BCUT2D eigenvalue weighted by molar-refractivity contribution is 0.112. The van der Waals surface area contributed by atoms with Crippen LogP contribution >= 0.6 is 0 Å². The fourth-order valence-electron chi connectivity index (χ4n) is 2.25. The van der Waals surface area contributed by atoms with Crippen molar-refractivity contribution in [1.82, 2.24) is 9.47 Å². The molecule has 1 aromatic rings. The normalized spacial score (nSPS) is 15.8. The van der Waals surface area contributed by atoms with E-state index >= 15 is 0 Å². The molecule has 2 rings (SSSR count). The maximum Gasteiger partial charge on any atom is 0.151 e. The largest absolute Gasteiger partial charge is 0.347 e. The molecule has 0 saturated heterocycles. The summed E-state index contributed by atoms with van der Waals surface area (Å²) >= 11 is 0. The zero-order chi connectivity index (χ0) is 11.7. The molecule has 3 heteroatoms. The van der Waals surface area contributed by atoms with Crippen LogP contribution in [0.1, 0.15) is 34.6 Å². The van der Waals surface area contributed by atoms with Crippen LogP contribution < -0.4 is 0 Å². The molecule has 16 heavy (non-hydrogen) atoms. The van der Waals surface area contributed by atoms with Gasteiger partial charge < -0.3 is 9.47 Å². The van der Waals surface area contributed by atoms with Crippen LogP contribution in [0.5, 0.6) is 0 Å². The molecular weight excluding hydrogens is 200 g/mol. The molecule has 0 aliphatic heterocycles. The SMILES string of the molecule is Cc1cc(C=O)c(C)n1CCN(C)C1CC1. The van der Waals surface area contributed by atoms with Crippen LogP contribution in [-0.2, 0) is 6.54 Å². The highest BCUT2D eigenvalue weighted by molar-refractivity contribution is 5.77. The van der Waals surface area contributed by atoms with E-state index in [0.29, 0.717) is 0 Å². The lowest BCUT2D eigenvalue weighted by Gasteiger charge is -2.17. The third kappa shape index (κ3) is 2.19. The van der Waals surface area contributed by atoms with Crippen LogP contribution in [0.2, 0.25) is 0 Å². The highest BCUT2D eigenvalue weighted by Crippen LogP contribution is 2.25. The third-order valence-corrected chi connectivity index (χ3v) is 3.59. The predicted octanol–water partition coefficient (Wildman–Crippen LogP) is 2.01. The lowest BCUT2D eigenvalue weighted by Crippen LogP contribution is -2.25. The molecule has 0 bridgehead atoms. The number of carbonyl (C=O) groups is 1. The van der Waals surface area contributed by atoms with E-state index in [4.69, 9.17) is 0 Å². The zero-order valence-corrected chi connectivity index (χ0v) is 10.4. The Morgan fingerprint density at radius 2 is 2.19 bits per heavy atom. The summed E-state index contributed by atoms with van der Waals surface area (Å²) in [5.74, 6) is 0. The number of aldehydes is 1. The molecule has 0 spiro atoms. The van der Waals surface area contributed by atoms with Crippen molar-refractivity contribution in [3.63, 3.8) is 0 Å². The number of likely N-dealkylation sites (N-methyl/N-ethyl adjacent to an activating group) is 1. The molecule has 0 radical (unpaired) electrons. The van der Waals surface area contributed by atoms with Gasteiger partial charge in [-0.3, -0.25) is 4.79 Å². The molecule has 3 nitrogen and oxygen atoms in total. The van der Waals surface area contributed by atoms with E-state index in [1.54, 1.807) is 0 Å². The Balaban J connectivity index is 2.02. The summed E-state index contributed by atoms with van der Waals surface area (Å²) in [5.41, 5.74) is 3.10. The molecule has 88 valence electrons. The summed E-state index contributed by atoms with van der Waals surface area (Å²) in [4.78, 5) is 13.2. The van der Waals surface area contributed by atoms with Crippen LogP contribution in [-0.4, -0.2) is 35.4 Å². The van der Waals surface area contributed by atoms with E-state index in [1.165, 1.54) is 18.5 Å². The first-order valence-corrected chi connectivity index (χ1v) is 5.95. The van der Waals surface area contributed by atoms with Crippen molar-refractivity contribution in [2.75, 3.05) is 13.6 Å². The highest BCUT2D eigenvalue weighted by Gasteiger charge is 2.25. The molecule has 0 aromatic carbocycles. The predicted molar refractivity (Wildman–Crippen MR) is 64.9 cm³/mol. The molecule has 1 saturated carbocycles. The van der Waals surface area contributed by atoms with Crippen LogP contribution in [0.3, 0.4) is 0 Å². The van der Waals surface area contributed by atoms with Gasteiger partial charge in [0.1, 0.15) is 0 Å². The van der Waals surface area contributed by atoms with Crippen molar-refractivity contribution in [1.29, 1.82) is 0 Å². The van der Waals surface area contributed by atoms with E-state index in [9.17, 15) is 4.79 Å². The van der Waals surface area contributed by atoms with E-state index in [0.717, 1.165) is 36.7 Å². The van der Waals surface area contributed by atoms with E-state index in [1.807, 2.05) is 13.0 Å². The smallest absolute Gasteiger partial charge is 0.151 e. The number of rotatable bonds is 5. The molecule has 0 amide bonds. The van der Waals surface area contributed by atoms with Gasteiger partial charge in [0.05, 0.1) is 0 Å². The van der Waals surface area contributed by atoms with E-state index < -0.39 is 0 Å². The summed E-state index contributed by atoms with van der Waals surface area (Å²) < 4.78 is 2.24. The summed E-state index contributed by atoms with van der Waals surface area (Å²) in [6.45, 7) is 6.14. The molecule has 1 heterocycles. The molecule has 0 unspecified atom stereocenters. The van der Waals surface area contributed by atoms with Gasteiger partial charge in [-0.05, 0) is 39.8 Å². The fourth-order valence-corrected chi connectivity index (χ4v) is 2.25. The van der Waals surface area contributed by atoms with Gasteiger partial charge in [0.2, 0.25) is 0 Å². The van der Waals surface area contributed by atoms with Gasteiger partial charge in [-0.25, -0.2) is 0 Å². The Bertz CT molecular complexity index is 391. The lowest BCUT2D eigenvalue weighted by atomic mass is 10.3. The van der Waals surface area contributed by atoms with Gasteiger partial charge in [-0.1, -0.05) is 0 Å². The Morgan fingerprint density at radius 1 is 1.50 bits per heavy atom. The minimum Gasteiger partial charge on any atom is -0.347 e. The second kappa shape index (κ2) is 4.42. The minimum atomic E-state index is 0.807. The maximum absolute atomic E-state index is 10.8. The van der Waals surface area contributed by atoms with Crippen molar-refractivity contribution >= 4 is 6.29 Å². The number of carbonyl (C=O) groups excluding carboxylic acids is 1. The van der Waals surface area contributed by atoms with E-state index in [2.05, 4.69) is 23.4 Å². The van der Waals surface area contributed by atoms with Crippen molar-refractivity contribution < 1.29 is 4.79 Å². The topological polar surface area (TPSA) is 25.2 Å². The summed E-state index contributed by atoms with van der Waals surface area (Å²) in [7, 11) is 2.19. The van der Waals surface area contributed by atoms with Crippen molar-refractivity contribution in [2.24, 2.45) is 0 Å². The first-order valence-electron chi connectivity index (χ1n) is 5.95. The Kier molecular flexibility index (Phi) is 3.15. The number of nitrogens with zero attached hydrogens (tertiary/aromatic N) is 2. The summed E-state index contributed by atoms with van der Waals surface area (Å²) in [6, 6.07) is 2.78. The molecule has 0 atom stereocenters. The monoisotopic (exact) mass is 220 g/mol.